The van der Waals surface area contributed by atoms with E-state index in [4.69, 9.17) is 4.98 Å². The third-order valence-corrected chi connectivity index (χ3v) is 4.24. The Hall–Kier alpha value is -1.68. The second-order valence-corrected chi connectivity index (χ2v) is 7.34. The minimum Gasteiger partial charge on any atom is -0.478 e. The molecule has 1 aliphatic rings. The molecule has 1 aromatic carbocycles. The topological polar surface area (TPSA) is 50.2 Å². The van der Waals surface area contributed by atoms with Crippen molar-refractivity contribution in [2.75, 3.05) is 0 Å². The zero-order valence-corrected chi connectivity index (χ0v) is 13.8. The normalized spacial score (nSPS) is 13.0. The Bertz CT molecular complexity index is 760. The molecule has 1 aromatic heterocycles. The van der Waals surface area contributed by atoms with Crippen molar-refractivity contribution in [1.82, 2.24) is 4.98 Å². The standard InChI is InChI=1S/C17H16BrNO2/c1-17(2,3)15-13(16(20)21)8-10-6-9-7-11(18)4-5-12(9)14(10)19-15/h4-5,7-8H,6H2,1-3H3,(H,20,21). The van der Waals surface area contributed by atoms with Gasteiger partial charge < -0.3 is 5.11 Å². The molecule has 3 rings (SSSR count). The van der Waals surface area contributed by atoms with E-state index >= 15 is 0 Å². The summed E-state index contributed by atoms with van der Waals surface area (Å²) in [5.74, 6) is -0.910. The van der Waals surface area contributed by atoms with E-state index in [-0.39, 0.29) is 5.41 Å². The number of carbonyl (C=O) groups is 1. The van der Waals surface area contributed by atoms with E-state index in [1.165, 1.54) is 5.56 Å². The first kappa shape index (κ1) is 14.3. The Morgan fingerprint density at radius 2 is 1.95 bits per heavy atom. The van der Waals surface area contributed by atoms with Gasteiger partial charge in [0.15, 0.2) is 0 Å². The summed E-state index contributed by atoms with van der Waals surface area (Å²) in [4.78, 5) is 16.3. The second kappa shape index (κ2) is 4.67. The fourth-order valence-corrected chi connectivity index (χ4v) is 3.21. The third-order valence-electron chi connectivity index (χ3n) is 3.75. The van der Waals surface area contributed by atoms with Crippen LogP contribution in [0, 0.1) is 0 Å². The van der Waals surface area contributed by atoms with Crippen LogP contribution in [0.1, 0.15) is 48.0 Å². The van der Waals surface area contributed by atoms with Crippen LogP contribution < -0.4 is 0 Å². The van der Waals surface area contributed by atoms with Gasteiger partial charge in [0.25, 0.3) is 0 Å². The highest BCUT2D eigenvalue weighted by Gasteiger charge is 2.29. The fourth-order valence-electron chi connectivity index (χ4n) is 2.80. The van der Waals surface area contributed by atoms with Gasteiger partial charge in [-0.2, -0.15) is 0 Å². The maximum absolute atomic E-state index is 11.5. The molecule has 0 spiro atoms. The zero-order valence-electron chi connectivity index (χ0n) is 12.2. The lowest BCUT2D eigenvalue weighted by atomic mass is 9.87. The molecule has 1 heterocycles. The van der Waals surface area contributed by atoms with Gasteiger partial charge in [-0.1, -0.05) is 42.8 Å². The van der Waals surface area contributed by atoms with Crippen LogP contribution in [0.4, 0.5) is 0 Å². The number of halogens is 1. The molecule has 0 unspecified atom stereocenters. The lowest BCUT2D eigenvalue weighted by Crippen LogP contribution is -2.20. The van der Waals surface area contributed by atoms with Crippen LogP contribution in [0.5, 0.6) is 0 Å². The number of rotatable bonds is 1. The number of aromatic carboxylic acids is 1. The predicted molar refractivity (Wildman–Crippen MR) is 85.8 cm³/mol. The number of fused-ring (bicyclic) bond motifs is 3. The molecule has 0 radical (unpaired) electrons. The van der Waals surface area contributed by atoms with E-state index in [9.17, 15) is 9.90 Å². The largest absolute Gasteiger partial charge is 0.478 e. The molecule has 0 amide bonds. The van der Waals surface area contributed by atoms with Crippen molar-refractivity contribution in [2.24, 2.45) is 0 Å². The SMILES string of the molecule is CC(C)(C)c1nc2c(cc1C(=O)O)Cc1cc(Br)ccc1-2. The van der Waals surface area contributed by atoms with Crippen LogP contribution in [0.2, 0.25) is 0 Å². The highest BCUT2D eigenvalue weighted by molar-refractivity contribution is 9.10. The maximum Gasteiger partial charge on any atom is 0.337 e. The first-order valence-corrected chi connectivity index (χ1v) is 7.63. The Morgan fingerprint density at radius 3 is 2.57 bits per heavy atom. The number of benzene rings is 1. The average molecular weight is 346 g/mol. The van der Waals surface area contributed by atoms with Crippen molar-refractivity contribution in [3.63, 3.8) is 0 Å². The lowest BCUT2D eigenvalue weighted by molar-refractivity contribution is 0.0693. The molecule has 4 heteroatoms. The fraction of sp³-hybridized carbons (Fsp3) is 0.294. The number of pyridine rings is 1. The van der Waals surface area contributed by atoms with Gasteiger partial charge in [-0.25, -0.2) is 4.79 Å². The van der Waals surface area contributed by atoms with Gasteiger partial charge in [0.2, 0.25) is 0 Å². The van der Waals surface area contributed by atoms with Gasteiger partial charge in [0, 0.05) is 21.9 Å². The summed E-state index contributed by atoms with van der Waals surface area (Å²) in [5, 5.41) is 9.47. The van der Waals surface area contributed by atoms with Crippen LogP contribution in [-0.2, 0) is 11.8 Å². The van der Waals surface area contributed by atoms with E-state index in [1.807, 2.05) is 32.9 Å². The van der Waals surface area contributed by atoms with Crippen LogP contribution in [-0.4, -0.2) is 16.1 Å². The van der Waals surface area contributed by atoms with Crippen molar-refractivity contribution in [1.29, 1.82) is 0 Å². The molecule has 0 bridgehead atoms. The molecule has 0 saturated carbocycles. The van der Waals surface area contributed by atoms with E-state index in [0.29, 0.717) is 11.3 Å². The molecule has 1 aliphatic carbocycles. The number of hydrogen-bond acceptors (Lipinski definition) is 2. The molecule has 0 fully saturated rings. The summed E-state index contributed by atoms with van der Waals surface area (Å²) in [6.07, 6.45) is 0.738. The van der Waals surface area contributed by atoms with Crippen molar-refractivity contribution in [3.8, 4) is 11.3 Å². The van der Waals surface area contributed by atoms with Gasteiger partial charge in [-0.15, -0.1) is 0 Å². The molecule has 108 valence electrons. The smallest absolute Gasteiger partial charge is 0.337 e. The van der Waals surface area contributed by atoms with Crippen LogP contribution in [0.25, 0.3) is 11.3 Å². The number of nitrogens with zero attached hydrogens (tertiary/aromatic N) is 1. The van der Waals surface area contributed by atoms with E-state index in [1.54, 1.807) is 6.07 Å². The molecular formula is C17H16BrNO2. The van der Waals surface area contributed by atoms with Gasteiger partial charge in [-0.05, 0) is 29.3 Å². The maximum atomic E-state index is 11.5. The quantitative estimate of drug-likeness (QED) is 0.710. The van der Waals surface area contributed by atoms with E-state index in [0.717, 1.165) is 27.7 Å². The first-order chi connectivity index (χ1) is 9.77. The van der Waals surface area contributed by atoms with E-state index in [2.05, 4.69) is 22.0 Å². The van der Waals surface area contributed by atoms with Crippen LogP contribution >= 0.6 is 15.9 Å². The lowest BCUT2D eigenvalue weighted by Gasteiger charge is -2.21. The molecule has 21 heavy (non-hydrogen) atoms. The molecular weight excluding hydrogens is 330 g/mol. The molecule has 1 N–H and O–H groups in total. The Balaban J connectivity index is 2.26. The summed E-state index contributed by atoms with van der Waals surface area (Å²) in [7, 11) is 0. The van der Waals surface area contributed by atoms with Crippen molar-refractivity contribution in [3.05, 3.63) is 51.1 Å². The summed E-state index contributed by atoms with van der Waals surface area (Å²) in [6, 6.07) is 7.91. The van der Waals surface area contributed by atoms with Gasteiger partial charge in [0.05, 0.1) is 17.0 Å². The zero-order chi connectivity index (χ0) is 15.4. The van der Waals surface area contributed by atoms with Crippen LogP contribution in [0.3, 0.4) is 0 Å². The molecule has 0 atom stereocenters. The summed E-state index contributed by atoms with van der Waals surface area (Å²) < 4.78 is 1.03. The monoisotopic (exact) mass is 345 g/mol. The van der Waals surface area contributed by atoms with Gasteiger partial charge >= 0.3 is 5.97 Å². The number of hydrogen-bond donors (Lipinski definition) is 1. The van der Waals surface area contributed by atoms with Crippen LogP contribution in [0.15, 0.2) is 28.7 Å². The number of aromatic nitrogens is 1. The summed E-state index contributed by atoms with van der Waals surface area (Å²) >= 11 is 3.48. The second-order valence-electron chi connectivity index (χ2n) is 6.43. The molecule has 3 nitrogen and oxygen atoms in total. The summed E-state index contributed by atoms with van der Waals surface area (Å²) in [5.41, 5.74) is 4.87. The minimum absolute atomic E-state index is 0.305. The molecule has 0 aliphatic heterocycles. The third kappa shape index (κ3) is 2.38. The number of carboxylic acids is 1. The van der Waals surface area contributed by atoms with E-state index < -0.39 is 5.97 Å². The van der Waals surface area contributed by atoms with Gasteiger partial charge in [-0.3, -0.25) is 4.98 Å². The Morgan fingerprint density at radius 1 is 1.24 bits per heavy atom. The average Bonchev–Trinajstić information content (AvgIpc) is 2.72. The number of carboxylic acid groups (broad SMARTS) is 1. The molecule has 0 saturated heterocycles. The molecule has 2 aromatic rings. The summed E-state index contributed by atoms with van der Waals surface area (Å²) in [6.45, 7) is 5.98. The predicted octanol–water partition coefficient (Wildman–Crippen LogP) is 4.41. The van der Waals surface area contributed by atoms with Crippen molar-refractivity contribution < 1.29 is 9.90 Å². The Labute approximate surface area is 132 Å². The first-order valence-electron chi connectivity index (χ1n) is 6.84. The van der Waals surface area contributed by atoms with Gasteiger partial charge in [0.1, 0.15) is 0 Å². The van der Waals surface area contributed by atoms with Crippen molar-refractivity contribution in [2.45, 2.75) is 32.6 Å². The highest BCUT2D eigenvalue weighted by atomic mass is 79.9. The van der Waals surface area contributed by atoms with Crippen molar-refractivity contribution >= 4 is 21.9 Å². The Kier molecular flexibility index (Phi) is 3.17. The highest BCUT2D eigenvalue weighted by Crippen LogP contribution is 2.39. The minimum atomic E-state index is -0.910.